The molecular weight excluding hydrogens is 356 g/mol. The van der Waals surface area contributed by atoms with Crippen LogP contribution in [0.15, 0.2) is 34.7 Å². The van der Waals surface area contributed by atoms with Gasteiger partial charge in [-0.15, -0.1) is 10.2 Å². The number of sulfonamides is 1. The summed E-state index contributed by atoms with van der Waals surface area (Å²) < 4.78 is 26.0. The Morgan fingerprint density at radius 3 is 2.48 bits per heavy atom. The van der Waals surface area contributed by atoms with Gasteiger partial charge in [0.1, 0.15) is 6.04 Å². The van der Waals surface area contributed by atoms with Gasteiger partial charge in [-0.2, -0.15) is 0 Å². The first-order valence-corrected chi connectivity index (χ1v) is 10.4. The van der Waals surface area contributed by atoms with Crippen molar-refractivity contribution in [3.05, 3.63) is 30.3 Å². The van der Waals surface area contributed by atoms with Crippen molar-refractivity contribution < 1.29 is 13.2 Å². The highest BCUT2D eigenvalue weighted by atomic mass is 32.2. The summed E-state index contributed by atoms with van der Waals surface area (Å²) in [6.07, 6.45) is 2.93. The standard InChI is InChI=1S/C13H16N4O3S3/c1-9(11(18)14-12-15-16-13(21-2)22-12)17(23(3,19)20)10-7-5-4-6-8-10/h4-9H,1-3H3,(H,14,15,18)/t9-/m1/s1. The number of nitrogens with zero attached hydrogens (tertiary/aromatic N) is 3. The van der Waals surface area contributed by atoms with Crippen molar-refractivity contribution >= 4 is 49.8 Å². The smallest absolute Gasteiger partial charge is 0.249 e. The first-order valence-electron chi connectivity index (χ1n) is 6.55. The summed E-state index contributed by atoms with van der Waals surface area (Å²) in [5, 5.41) is 10.7. The van der Waals surface area contributed by atoms with Gasteiger partial charge in [0, 0.05) is 0 Å². The molecule has 1 heterocycles. The number of hydrogen-bond acceptors (Lipinski definition) is 7. The molecule has 0 aliphatic rings. The minimum absolute atomic E-state index is 0.340. The van der Waals surface area contributed by atoms with Gasteiger partial charge < -0.3 is 0 Å². The maximum absolute atomic E-state index is 12.4. The van der Waals surface area contributed by atoms with Crippen molar-refractivity contribution in [2.75, 3.05) is 22.1 Å². The highest BCUT2D eigenvalue weighted by Gasteiger charge is 2.29. The van der Waals surface area contributed by atoms with E-state index in [1.54, 1.807) is 30.3 Å². The van der Waals surface area contributed by atoms with Gasteiger partial charge in [0.25, 0.3) is 0 Å². The van der Waals surface area contributed by atoms with Crippen molar-refractivity contribution in [1.29, 1.82) is 0 Å². The first kappa shape index (κ1) is 17.7. The normalized spacial score (nSPS) is 12.7. The van der Waals surface area contributed by atoms with Crippen LogP contribution in [-0.2, 0) is 14.8 Å². The van der Waals surface area contributed by atoms with E-state index < -0.39 is 22.0 Å². The number of benzene rings is 1. The van der Waals surface area contributed by atoms with Crippen molar-refractivity contribution in [2.45, 2.75) is 17.3 Å². The fraction of sp³-hybridized carbons (Fsp3) is 0.308. The lowest BCUT2D eigenvalue weighted by molar-refractivity contribution is -0.116. The van der Waals surface area contributed by atoms with Crippen LogP contribution in [-0.4, -0.2) is 43.1 Å². The summed E-state index contributed by atoms with van der Waals surface area (Å²) in [5.74, 6) is -0.469. The van der Waals surface area contributed by atoms with E-state index in [-0.39, 0.29) is 0 Å². The molecule has 2 aromatic rings. The second-order valence-electron chi connectivity index (χ2n) is 4.64. The van der Waals surface area contributed by atoms with Crippen molar-refractivity contribution in [1.82, 2.24) is 10.2 Å². The Hall–Kier alpha value is -1.65. The number of para-hydroxylation sites is 1. The number of amides is 1. The van der Waals surface area contributed by atoms with Crippen molar-refractivity contribution in [2.24, 2.45) is 0 Å². The van der Waals surface area contributed by atoms with E-state index in [4.69, 9.17) is 0 Å². The lowest BCUT2D eigenvalue weighted by atomic mass is 10.2. The van der Waals surface area contributed by atoms with Crippen molar-refractivity contribution in [3.8, 4) is 0 Å². The molecule has 1 aromatic heterocycles. The van der Waals surface area contributed by atoms with Crippen LogP contribution in [0, 0.1) is 0 Å². The molecule has 0 saturated carbocycles. The SMILES string of the molecule is CSc1nnc(NC(=O)[C@@H](C)N(c2ccccc2)S(C)(=O)=O)s1. The zero-order valence-corrected chi connectivity index (χ0v) is 15.2. The highest BCUT2D eigenvalue weighted by Crippen LogP contribution is 2.24. The van der Waals surface area contributed by atoms with Gasteiger partial charge in [-0.05, 0) is 25.3 Å². The van der Waals surface area contributed by atoms with Crippen molar-refractivity contribution in [3.63, 3.8) is 0 Å². The van der Waals surface area contributed by atoms with Crippen LogP contribution < -0.4 is 9.62 Å². The van der Waals surface area contributed by atoms with Gasteiger partial charge in [0.15, 0.2) is 4.34 Å². The first-order chi connectivity index (χ1) is 10.8. The summed E-state index contributed by atoms with van der Waals surface area (Å²) in [6, 6.07) is 7.57. The van der Waals surface area contributed by atoms with Crippen LogP contribution in [0.1, 0.15) is 6.92 Å². The van der Waals surface area contributed by atoms with Crippen LogP contribution in [0.5, 0.6) is 0 Å². The zero-order valence-electron chi connectivity index (χ0n) is 12.8. The molecule has 124 valence electrons. The lowest BCUT2D eigenvalue weighted by Gasteiger charge is -2.27. The average molecular weight is 372 g/mol. The molecule has 0 bridgehead atoms. The molecule has 0 saturated heterocycles. The molecule has 1 atom stereocenters. The van der Waals surface area contributed by atoms with Gasteiger partial charge in [-0.1, -0.05) is 41.3 Å². The van der Waals surface area contributed by atoms with Gasteiger partial charge in [0.2, 0.25) is 21.1 Å². The second-order valence-corrected chi connectivity index (χ2v) is 8.53. The molecule has 1 N–H and O–H groups in total. The molecule has 1 amide bonds. The topological polar surface area (TPSA) is 92.3 Å². The Morgan fingerprint density at radius 2 is 1.96 bits per heavy atom. The summed E-state index contributed by atoms with van der Waals surface area (Å²) >= 11 is 2.65. The number of carbonyl (C=O) groups is 1. The molecule has 2 rings (SSSR count). The summed E-state index contributed by atoms with van der Waals surface area (Å²) in [5.41, 5.74) is 0.430. The fourth-order valence-electron chi connectivity index (χ4n) is 1.94. The number of hydrogen-bond donors (Lipinski definition) is 1. The van der Waals surface area contributed by atoms with Gasteiger partial charge in [0.05, 0.1) is 11.9 Å². The molecule has 0 radical (unpaired) electrons. The van der Waals surface area contributed by atoms with Crippen LogP contribution in [0.3, 0.4) is 0 Å². The molecule has 7 nitrogen and oxygen atoms in total. The van der Waals surface area contributed by atoms with Gasteiger partial charge >= 0.3 is 0 Å². The Bertz CT molecular complexity index is 777. The Morgan fingerprint density at radius 1 is 1.30 bits per heavy atom. The predicted molar refractivity (Wildman–Crippen MR) is 93.5 cm³/mol. The Labute approximate surface area is 143 Å². The molecule has 23 heavy (non-hydrogen) atoms. The van der Waals surface area contributed by atoms with Crippen LogP contribution >= 0.6 is 23.1 Å². The van der Waals surface area contributed by atoms with Gasteiger partial charge in [-0.3, -0.25) is 14.4 Å². The third-order valence-corrected chi connectivity index (χ3v) is 5.97. The molecule has 0 spiro atoms. The summed E-state index contributed by atoms with van der Waals surface area (Å²) in [6.45, 7) is 1.53. The minimum Gasteiger partial charge on any atom is -0.299 e. The number of aromatic nitrogens is 2. The quantitative estimate of drug-likeness (QED) is 0.616. The third kappa shape index (κ3) is 4.43. The molecular formula is C13H16N4O3S3. The maximum Gasteiger partial charge on any atom is 0.249 e. The minimum atomic E-state index is -3.62. The molecule has 0 fully saturated rings. The van der Waals surface area contributed by atoms with Crippen LogP contribution in [0.4, 0.5) is 10.8 Å². The number of anilines is 2. The van der Waals surface area contributed by atoms with E-state index in [1.807, 2.05) is 6.26 Å². The van der Waals surface area contributed by atoms with E-state index in [1.165, 1.54) is 30.0 Å². The number of carbonyl (C=O) groups excluding carboxylic acids is 1. The average Bonchev–Trinajstić information content (AvgIpc) is 2.94. The summed E-state index contributed by atoms with van der Waals surface area (Å²) in [7, 11) is -3.62. The zero-order chi connectivity index (χ0) is 17.0. The van der Waals surface area contributed by atoms with Crippen LogP contribution in [0.2, 0.25) is 0 Å². The fourth-order valence-corrected chi connectivity index (χ4v) is 4.28. The number of thioether (sulfide) groups is 1. The molecule has 0 aliphatic heterocycles. The summed E-state index contributed by atoms with van der Waals surface area (Å²) in [4.78, 5) is 12.4. The van der Waals surface area contributed by atoms with E-state index in [2.05, 4.69) is 15.5 Å². The number of nitrogens with one attached hydrogen (secondary N) is 1. The predicted octanol–water partition coefficient (Wildman–Crippen LogP) is 2.05. The Kier molecular flexibility index (Phi) is 5.60. The number of rotatable bonds is 6. The largest absolute Gasteiger partial charge is 0.299 e. The van der Waals surface area contributed by atoms with Crippen LogP contribution in [0.25, 0.3) is 0 Å². The van der Waals surface area contributed by atoms with E-state index >= 15 is 0 Å². The second kappa shape index (κ2) is 7.28. The molecule has 10 heteroatoms. The van der Waals surface area contributed by atoms with E-state index in [0.29, 0.717) is 10.8 Å². The highest BCUT2D eigenvalue weighted by molar-refractivity contribution is 8.00. The monoisotopic (exact) mass is 372 g/mol. The maximum atomic E-state index is 12.4. The molecule has 0 aliphatic carbocycles. The third-order valence-electron chi connectivity index (χ3n) is 2.91. The van der Waals surface area contributed by atoms with Gasteiger partial charge in [-0.25, -0.2) is 8.42 Å². The van der Waals surface area contributed by atoms with E-state index in [0.717, 1.165) is 14.9 Å². The lowest BCUT2D eigenvalue weighted by Crippen LogP contribution is -2.45. The van der Waals surface area contributed by atoms with E-state index in [9.17, 15) is 13.2 Å². The molecule has 1 aromatic carbocycles. The Balaban J connectivity index is 2.23. The molecule has 0 unspecified atom stereocenters.